The molecule has 1 aliphatic heterocycles. The number of nitrogens with zero attached hydrogens (tertiary/aromatic N) is 4. The van der Waals surface area contributed by atoms with Crippen molar-refractivity contribution in [3.05, 3.63) is 81.0 Å². The van der Waals surface area contributed by atoms with Crippen LogP contribution in [-0.2, 0) is 10.2 Å². The highest BCUT2D eigenvalue weighted by molar-refractivity contribution is 5.95. The summed E-state index contributed by atoms with van der Waals surface area (Å²) in [5.41, 5.74) is 8.95. The molecule has 0 radical (unpaired) electrons. The number of nitro benzene ring substituents is 1. The van der Waals surface area contributed by atoms with Crippen molar-refractivity contribution in [3.8, 4) is 11.4 Å². The number of aromatic nitrogens is 3. The molecule has 2 aromatic carbocycles. The summed E-state index contributed by atoms with van der Waals surface area (Å²) in [6, 6.07) is 13.4. The molecule has 0 saturated heterocycles. The van der Waals surface area contributed by atoms with Gasteiger partial charge >= 0.3 is 0 Å². The van der Waals surface area contributed by atoms with E-state index in [1.807, 2.05) is 24.3 Å². The van der Waals surface area contributed by atoms with E-state index in [0.717, 1.165) is 5.56 Å². The van der Waals surface area contributed by atoms with Crippen LogP contribution < -0.4 is 11.1 Å². The summed E-state index contributed by atoms with van der Waals surface area (Å²) in [4.78, 5) is 27.8. The minimum atomic E-state index is -0.737. The Morgan fingerprint density at radius 2 is 1.88 bits per heavy atom. The van der Waals surface area contributed by atoms with E-state index < -0.39 is 16.9 Å². The van der Waals surface area contributed by atoms with Gasteiger partial charge in [0.15, 0.2) is 5.82 Å². The van der Waals surface area contributed by atoms with Crippen LogP contribution in [0.3, 0.4) is 0 Å². The van der Waals surface area contributed by atoms with Gasteiger partial charge in [-0.1, -0.05) is 57.2 Å². The molecular weight excluding hydrogens is 408 g/mol. The van der Waals surface area contributed by atoms with E-state index in [2.05, 4.69) is 36.2 Å². The molecular formula is C23H24N6O3. The molecule has 0 aliphatic carbocycles. The van der Waals surface area contributed by atoms with E-state index in [-0.39, 0.29) is 16.7 Å². The van der Waals surface area contributed by atoms with Gasteiger partial charge in [0.05, 0.1) is 10.5 Å². The number of primary amides is 1. The minimum Gasteiger partial charge on any atom is -0.366 e. The van der Waals surface area contributed by atoms with Crippen LogP contribution in [0.2, 0.25) is 0 Å². The number of nitro groups is 1. The van der Waals surface area contributed by atoms with Gasteiger partial charge in [-0.15, -0.1) is 5.10 Å². The van der Waals surface area contributed by atoms with Crippen molar-refractivity contribution in [2.24, 2.45) is 5.73 Å². The van der Waals surface area contributed by atoms with E-state index in [1.165, 1.54) is 17.7 Å². The quantitative estimate of drug-likeness (QED) is 0.475. The molecule has 32 heavy (non-hydrogen) atoms. The van der Waals surface area contributed by atoms with Gasteiger partial charge in [-0.3, -0.25) is 14.9 Å². The van der Waals surface area contributed by atoms with E-state index in [4.69, 9.17) is 5.73 Å². The first-order valence-electron chi connectivity index (χ1n) is 10.2. The zero-order chi connectivity index (χ0) is 23.2. The van der Waals surface area contributed by atoms with Gasteiger partial charge < -0.3 is 11.1 Å². The zero-order valence-corrected chi connectivity index (χ0v) is 18.3. The van der Waals surface area contributed by atoms with Crippen LogP contribution in [-0.4, -0.2) is 25.6 Å². The standard InChI is InChI=1S/C23H24N6O3/c1-13-18(20(24)30)19(15-6-5-7-17(12-15)29(31)32)28-22(25-13)26-21(27-28)14-8-10-16(11-9-14)23(2,3)4/h5-12,19H,1-4H3,(H2,24,30)(H,25,26,27). The molecule has 4 rings (SSSR count). The SMILES string of the molecule is CC1=C(C(N)=O)C(c2cccc([N+](=O)[O-])c2)n2nc(-c3ccc(C(C)(C)C)cc3)nc2N1. The molecule has 1 amide bonds. The number of amides is 1. The third-order valence-corrected chi connectivity index (χ3v) is 5.52. The Hall–Kier alpha value is -4.01. The average Bonchev–Trinajstić information content (AvgIpc) is 3.15. The molecule has 1 aromatic heterocycles. The van der Waals surface area contributed by atoms with Crippen molar-refractivity contribution in [1.29, 1.82) is 0 Å². The lowest BCUT2D eigenvalue weighted by molar-refractivity contribution is -0.384. The fourth-order valence-electron chi connectivity index (χ4n) is 3.83. The summed E-state index contributed by atoms with van der Waals surface area (Å²) in [5, 5.41) is 19.0. The Morgan fingerprint density at radius 1 is 1.19 bits per heavy atom. The number of fused-ring (bicyclic) bond motifs is 1. The fourth-order valence-corrected chi connectivity index (χ4v) is 3.83. The lowest BCUT2D eigenvalue weighted by Crippen LogP contribution is -2.31. The summed E-state index contributed by atoms with van der Waals surface area (Å²) in [6.45, 7) is 8.15. The van der Waals surface area contributed by atoms with Gasteiger partial charge in [0, 0.05) is 23.4 Å². The predicted molar refractivity (Wildman–Crippen MR) is 121 cm³/mol. The van der Waals surface area contributed by atoms with E-state index in [0.29, 0.717) is 23.0 Å². The summed E-state index contributed by atoms with van der Waals surface area (Å²) in [5.74, 6) is 0.268. The first kappa shape index (κ1) is 21.2. The van der Waals surface area contributed by atoms with Crippen LogP contribution >= 0.6 is 0 Å². The second-order valence-electron chi connectivity index (χ2n) is 8.81. The van der Waals surface area contributed by atoms with Crippen molar-refractivity contribution >= 4 is 17.5 Å². The van der Waals surface area contributed by atoms with Crippen LogP contribution in [0.1, 0.15) is 44.9 Å². The Labute approximate surface area is 185 Å². The normalized spacial score (nSPS) is 15.8. The van der Waals surface area contributed by atoms with Crippen molar-refractivity contribution in [2.75, 3.05) is 5.32 Å². The van der Waals surface area contributed by atoms with Crippen molar-refractivity contribution in [3.63, 3.8) is 0 Å². The number of nitrogens with one attached hydrogen (secondary N) is 1. The number of carbonyl (C=O) groups is 1. The molecule has 1 unspecified atom stereocenters. The molecule has 0 fully saturated rings. The van der Waals surface area contributed by atoms with Crippen molar-refractivity contribution < 1.29 is 9.72 Å². The highest BCUT2D eigenvalue weighted by Crippen LogP contribution is 2.37. The number of carbonyl (C=O) groups excluding carboxylic acids is 1. The highest BCUT2D eigenvalue weighted by atomic mass is 16.6. The monoisotopic (exact) mass is 432 g/mol. The molecule has 3 aromatic rings. The minimum absolute atomic E-state index is 0.0193. The molecule has 0 spiro atoms. The van der Waals surface area contributed by atoms with Crippen LogP contribution in [0.25, 0.3) is 11.4 Å². The topological polar surface area (TPSA) is 129 Å². The second kappa shape index (κ2) is 7.60. The number of hydrogen-bond acceptors (Lipinski definition) is 6. The van der Waals surface area contributed by atoms with Gasteiger partial charge in [-0.05, 0) is 23.5 Å². The maximum atomic E-state index is 12.3. The van der Waals surface area contributed by atoms with Crippen LogP contribution in [0.15, 0.2) is 59.8 Å². The number of benzene rings is 2. The Bertz CT molecular complexity index is 1250. The lowest BCUT2D eigenvalue weighted by Gasteiger charge is -2.27. The Balaban J connectivity index is 1.83. The Kier molecular flexibility index (Phi) is 5.04. The molecule has 1 aliphatic rings. The van der Waals surface area contributed by atoms with Gasteiger partial charge in [0.25, 0.3) is 5.69 Å². The zero-order valence-electron chi connectivity index (χ0n) is 18.3. The summed E-state index contributed by atoms with van der Waals surface area (Å²) in [6.07, 6.45) is 0. The Morgan fingerprint density at radius 3 is 2.47 bits per heavy atom. The number of nitrogens with two attached hydrogens (primary N) is 1. The number of anilines is 1. The van der Waals surface area contributed by atoms with Crippen LogP contribution in [0.4, 0.5) is 11.6 Å². The average molecular weight is 432 g/mol. The molecule has 9 heteroatoms. The summed E-state index contributed by atoms with van der Waals surface area (Å²) >= 11 is 0. The van der Waals surface area contributed by atoms with Gasteiger partial charge in [-0.25, -0.2) is 4.68 Å². The summed E-state index contributed by atoms with van der Waals surface area (Å²) < 4.78 is 1.55. The van der Waals surface area contributed by atoms with Crippen molar-refractivity contribution in [1.82, 2.24) is 14.8 Å². The predicted octanol–water partition coefficient (Wildman–Crippen LogP) is 3.93. The third-order valence-electron chi connectivity index (χ3n) is 5.52. The number of hydrogen-bond donors (Lipinski definition) is 2. The number of allylic oxidation sites excluding steroid dienone is 1. The lowest BCUT2D eigenvalue weighted by atomic mass is 9.87. The number of rotatable bonds is 4. The molecule has 1 atom stereocenters. The molecule has 9 nitrogen and oxygen atoms in total. The molecule has 0 saturated carbocycles. The molecule has 0 bridgehead atoms. The first-order chi connectivity index (χ1) is 15.1. The van der Waals surface area contributed by atoms with Gasteiger partial charge in [-0.2, -0.15) is 4.98 Å². The maximum Gasteiger partial charge on any atom is 0.269 e. The maximum absolute atomic E-state index is 12.3. The van der Waals surface area contributed by atoms with Crippen LogP contribution in [0.5, 0.6) is 0 Å². The van der Waals surface area contributed by atoms with E-state index in [1.54, 1.807) is 23.7 Å². The number of non-ortho nitro benzene ring substituents is 1. The first-order valence-corrected chi connectivity index (χ1v) is 10.2. The smallest absolute Gasteiger partial charge is 0.269 e. The fraction of sp³-hybridized carbons (Fsp3) is 0.261. The van der Waals surface area contributed by atoms with E-state index in [9.17, 15) is 14.9 Å². The largest absolute Gasteiger partial charge is 0.366 e. The van der Waals surface area contributed by atoms with Crippen molar-refractivity contribution in [2.45, 2.75) is 39.2 Å². The third kappa shape index (κ3) is 3.73. The summed E-state index contributed by atoms with van der Waals surface area (Å²) in [7, 11) is 0. The second-order valence-corrected chi connectivity index (χ2v) is 8.81. The highest BCUT2D eigenvalue weighted by Gasteiger charge is 2.34. The van der Waals surface area contributed by atoms with Crippen LogP contribution in [0, 0.1) is 10.1 Å². The van der Waals surface area contributed by atoms with E-state index >= 15 is 0 Å². The molecule has 2 heterocycles. The molecule has 3 N–H and O–H groups in total. The van der Waals surface area contributed by atoms with Gasteiger partial charge in [0.2, 0.25) is 11.9 Å². The van der Waals surface area contributed by atoms with Gasteiger partial charge in [0.1, 0.15) is 6.04 Å². The molecule has 164 valence electrons.